The van der Waals surface area contributed by atoms with E-state index in [0.717, 1.165) is 25.7 Å². The van der Waals surface area contributed by atoms with Gasteiger partial charge in [0.05, 0.1) is 0 Å². The van der Waals surface area contributed by atoms with E-state index in [0.29, 0.717) is 32.6 Å². The molecule has 0 aromatic heterocycles. The third-order valence-electron chi connectivity index (χ3n) is 4.67. The zero-order chi connectivity index (χ0) is 14.8. The SMILES string of the molecule is CC(C(=O)O)N1CCN(C(=O)CC2(N)CCCC2)CC1. The summed E-state index contributed by atoms with van der Waals surface area (Å²) in [6.07, 6.45) is 4.55. The Bertz CT molecular complexity index is 372. The van der Waals surface area contributed by atoms with Crippen molar-refractivity contribution in [2.45, 2.75) is 50.6 Å². The van der Waals surface area contributed by atoms with Crippen LogP contribution in [-0.4, -0.2) is 64.5 Å². The Kier molecular flexibility index (Phi) is 4.65. The Morgan fingerprint density at radius 3 is 2.25 bits per heavy atom. The maximum absolute atomic E-state index is 12.3. The highest BCUT2D eigenvalue weighted by Crippen LogP contribution is 2.30. The van der Waals surface area contributed by atoms with Crippen LogP contribution >= 0.6 is 0 Å². The molecule has 2 aliphatic rings. The Labute approximate surface area is 119 Å². The van der Waals surface area contributed by atoms with Crippen LogP contribution < -0.4 is 5.73 Å². The molecule has 1 unspecified atom stereocenters. The van der Waals surface area contributed by atoms with Crippen LogP contribution in [0, 0.1) is 0 Å². The van der Waals surface area contributed by atoms with Gasteiger partial charge < -0.3 is 15.7 Å². The van der Waals surface area contributed by atoms with Gasteiger partial charge in [-0.05, 0) is 19.8 Å². The normalized spacial score (nSPS) is 24.6. The summed E-state index contributed by atoms with van der Waals surface area (Å²) in [6, 6.07) is -0.483. The molecule has 1 saturated carbocycles. The molecule has 2 fully saturated rings. The van der Waals surface area contributed by atoms with Crippen molar-refractivity contribution < 1.29 is 14.7 Å². The first-order chi connectivity index (χ1) is 9.41. The molecule has 2 rings (SSSR count). The zero-order valence-electron chi connectivity index (χ0n) is 12.2. The number of carboxylic acid groups (broad SMARTS) is 1. The lowest BCUT2D eigenvalue weighted by Crippen LogP contribution is -2.54. The fourth-order valence-corrected chi connectivity index (χ4v) is 3.18. The molecule has 0 bridgehead atoms. The number of nitrogens with two attached hydrogens (primary N) is 1. The summed E-state index contributed by atoms with van der Waals surface area (Å²) in [7, 11) is 0. The molecule has 1 amide bonds. The van der Waals surface area contributed by atoms with Crippen LogP contribution in [0.25, 0.3) is 0 Å². The van der Waals surface area contributed by atoms with E-state index < -0.39 is 12.0 Å². The second-order valence-corrected chi connectivity index (χ2v) is 6.18. The van der Waals surface area contributed by atoms with Gasteiger partial charge in [0.2, 0.25) is 5.91 Å². The van der Waals surface area contributed by atoms with Gasteiger partial charge in [-0.15, -0.1) is 0 Å². The fourth-order valence-electron chi connectivity index (χ4n) is 3.18. The number of piperazine rings is 1. The largest absolute Gasteiger partial charge is 0.480 e. The van der Waals surface area contributed by atoms with Gasteiger partial charge in [-0.2, -0.15) is 0 Å². The summed E-state index contributed by atoms with van der Waals surface area (Å²) < 4.78 is 0. The van der Waals surface area contributed by atoms with Crippen molar-refractivity contribution in [2.75, 3.05) is 26.2 Å². The van der Waals surface area contributed by atoms with E-state index in [9.17, 15) is 9.59 Å². The first-order valence-electron chi connectivity index (χ1n) is 7.45. The van der Waals surface area contributed by atoms with E-state index in [4.69, 9.17) is 10.8 Å². The van der Waals surface area contributed by atoms with Crippen molar-refractivity contribution in [3.63, 3.8) is 0 Å². The van der Waals surface area contributed by atoms with Gasteiger partial charge in [0.15, 0.2) is 0 Å². The van der Waals surface area contributed by atoms with Crippen molar-refractivity contribution >= 4 is 11.9 Å². The van der Waals surface area contributed by atoms with Crippen molar-refractivity contribution in [3.8, 4) is 0 Å². The van der Waals surface area contributed by atoms with Crippen LogP contribution in [0.3, 0.4) is 0 Å². The van der Waals surface area contributed by atoms with E-state index in [2.05, 4.69) is 0 Å². The van der Waals surface area contributed by atoms with Crippen molar-refractivity contribution in [1.29, 1.82) is 0 Å². The van der Waals surface area contributed by atoms with Gasteiger partial charge >= 0.3 is 5.97 Å². The molecule has 114 valence electrons. The summed E-state index contributed by atoms with van der Waals surface area (Å²) in [5.41, 5.74) is 5.94. The number of amides is 1. The van der Waals surface area contributed by atoms with Crippen LogP contribution in [-0.2, 0) is 9.59 Å². The second-order valence-electron chi connectivity index (χ2n) is 6.18. The van der Waals surface area contributed by atoms with Gasteiger partial charge in [-0.25, -0.2) is 0 Å². The average Bonchev–Trinajstić information content (AvgIpc) is 2.84. The molecule has 0 spiro atoms. The number of carbonyl (C=O) groups excluding carboxylic acids is 1. The highest BCUT2D eigenvalue weighted by Gasteiger charge is 2.34. The molecule has 1 atom stereocenters. The molecular formula is C14H25N3O3. The number of nitrogens with zero attached hydrogens (tertiary/aromatic N) is 2. The van der Waals surface area contributed by atoms with Crippen LogP contribution in [0.1, 0.15) is 39.0 Å². The molecule has 0 aromatic carbocycles. The summed E-state index contributed by atoms with van der Waals surface area (Å²) in [5.74, 6) is -0.686. The van der Waals surface area contributed by atoms with Crippen molar-refractivity contribution in [2.24, 2.45) is 5.73 Å². The van der Waals surface area contributed by atoms with Crippen molar-refractivity contribution in [3.05, 3.63) is 0 Å². The van der Waals surface area contributed by atoms with Gasteiger partial charge in [-0.3, -0.25) is 14.5 Å². The molecule has 6 heteroatoms. The molecule has 0 radical (unpaired) electrons. The van der Waals surface area contributed by atoms with Crippen LogP contribution in [0.4, 0.5) is 0 Å². The Hall–Kier alpha value is -1.14. The first kappa shape index (κ1) is 15.3. The number of carbonyl (C=O) groups is 2. The van der Waals surface area contributed by atoms with E-state index >= 15 is 0 Å². The average molecular weight is 283 g/mol. The molecule has 1 saturated heterocycles. The molecule has 0 aromatic rings. The maximum Gasteiger partial charge on any atom is 0.320 e. The standard InChI is InChI=1S/C14H25N3O3/c1-11(13(19)20)16-6-8-17(9-7-16)12(18)10-14(15)4-2-3-5-14/h11H,2-10,15H2,1H3,(H,19,20). The highest BCUT2D eigenvalue weighted by molar-refractivity contribution is 5.78. The fraction of sp³-hybridized carbons (Fsp3) is 0.857. The minimum atomic E-state index is -0.809. The summed E-state index contributed by atoms with van der Waals surface area (Å²) >= 11 is 0. The number of hydrogen-bond donors (Lipinski definition) is 2. The Morgan fingerprint density at radius 2 is 1.75 bits per heavy atom. The summed E-state index contributed by atoms with van der Waals surface area (Å²) in [4.78, 5) is 27.0. The highest BCUT2D eigenvalue weighted by atomic mass is 16.4. The Balaban J connectivity index is 1.81. The van der Waals surface area contributed by atoms with Gasteiger partial charge in [0.1, 0.15) is 6.04 Å². The molecule has 3 N–H and O–H groups in total. The predicted octanol–water partition coefficient (Wildman–Crippen LogP) is 0.265. The van der Waals surface area contributed by atoms with E-state index in [1.54, 1.807) is 6.92 Å². The van der Waals surface area contributed by atoms with Gasteiger partial charge in [0, 0.05) is 38.1 Å². The smallest absolute Gasteiger partial charge is 0.320 e. The summed E-state index contributed by atoms with van der Waals surface area (Å²) in [6.45, 7) is 4.14. The molecule has 1 aliphatic carbocycles. The van der Waals surface area contributed by atoms with E-state index in [1.165, 1.54) is 0 Å². The predicted molar refractivity (Wildman–Crippen MR) is 75.3 cm³/mol. The lowest BCUT2D eigenvalue weighted by Gasteiger charge is -2.37. The molecule has 1 heterocycles. The quantitative estimate of drug-likeness (QED) is 0.773. The van der Waals surface area contributed by atoms with Crippen molar-refractivity contribution in [1.82, 2.24) is 9.80 Å². The topological polar surface area (TPSA) is 86.9 Å². The molecular weight excluding hydrogens is 258 g/mol. The number of carboxylic acids is 1. The Morgan fingerprint density at radius 1 is 1.20 bits per heavy atom. The van der Waals surface area contributed by atoms with Crippen LogP contribution in [0.15, 0.2) is 0 Å². The lowest BCUT2D eigenvalue weighted by atomic mass is 9.94. The number of aliphatic carboxylic acids is 1. The van der Waals surface area contributed by atoms with Gasteiger partial charge in [-0.1, -0.05) is 12.8 Å². The third-order valence-corrected chi connectivity index (χ3v) is 4.67. The van der Waals surface area contributed by atoms with E-state index in [1.807, 2.05) is 9.80 Å². The monoisotopic (exact) mass is 283 g/mol. The molecule has 1 aliphatic heterocycles. The maximum atomic E-state index is 12.3. The van der Waals surface area contributed by atoms with Crippen LogP contribution in [0.5, 0.6) is 0 Å². The minimum absolute atomic E-state index is 0.122. The molecule has 6 nitrogen and oxygen atoms in total. The van der Waals surface area contributed by atoms with Crippen LogP contribution in [0.2, 0.25) is 0 Å². The lowest BCUT2D eigenvalue weighted by molar-refractivity contribution is -0.144. The summed E-state index contributed by atoms with van der Waals surface area (Å²) in [5, 5.41) is 8.99. The zero-order valence-corrected chi connectivity index (χ0v) is 12.2. The molecule has 20 heavy (non-hydrogen) atoms. The third kappa shape index (κ3) is 3.49. The number of hydrogen-bond acceptors (Lipinski definition) is 4. The number of rotatable bonds is 4. The van der Waals surface area contributed by atoms with Gasteiger partial charge in [0.25, 0.3) is 0 Å². The van der Waals surface area contributed by atoms with E-state index in [-0.39, 0.29) is 11.4 Å². The second kappa shape index (κ2) is 6.10. The first-order valence-corrected chi connectivity index (χ1v) is 7.45. The minimum Gasteiger partial charge on any atom is -0.480 e.